The van der Waals surface area contributed by atoms with Gasteiger partial charge in [-0.3, -0.25) is 14.0 Å². The number of imidazole rings is 1. The average molecular weight is 507 g/mol. The Kier molecular flexibility index (Phi) is 7.83. The molecule has 1 aromatic carbocycles. The monoisotopic (exact) mass is 506 g/mol. The molecule has 0 aliphatic carbocycles. The summed E-state index contributed by atoms with van der Waals surface area (Å²) in [6.45, 7) is 8.93. The van der Waals surface area contributed by atoms with E-state index in [4.69, 9.17) is 9.47 Å². The standard InChI is InChI=1S/C28H34N4O5/c1-6-30(7-2)14-10-16-32-25(19-12-13-20(36-4)21(17-19)37-5)23(27(34)28(32)35)26(33)24-18(3)29-22-11-8-9-15-31(22)24/h8-9,11-13,15,17,25,33H,6-7,10,14,16H2,1-5H3/t25-/m1/s1. The highest BCUT2D eigenvalue weighted by molar-refractivity contribution is 6.46. The normalized spacial score (nSPS) is 17.2. The zero-order chi connectivity index (χ0) is 26.7. The van der Waals surface area contributed by atoms with Crippen LogP contribution < -0.4 is 9.47 Å². The van der Waals surface area contributed by atoms with Crippen molar-refractivity contribution in [3.63, 3.8) is 0 Å². The first-order valence-corrected chi connectivity index (χ1v) is 12.5. The molecule has 0 bridgehead atoms. The fourth-order valence-electron chi connectivity index (χ4n) is 5.01. The molecule has 37 heavy (non-hydrogen) atoms. The molecule has 0 unspecified atom stereocenters. The maximum Gasteiger partial charge on any atom is 0.295 e. The number of aryl methyl sites for hydroxylation is 1. The molecule has 0 spiro atoms. The number of amides is 1. The Morgan fingerprint density at radius 3 is 2.49 bits per heavy atom. The second kappa shape index (κ2) is 11.0. The van der Waals surface area contributed by atoms with Crippen LogP contribution in [0.1, 0.15) is 43.3 Å². The first kappa shape index (κ1) is 26.2. The number of ketones is 1. The Balaban J connectivity index is 1.86. The van der Waals surface area contributed by atoms with Crippen LogP contribution in [0.2, 0.25) is 0 Å². The molecule has 3 heterocycles. The van der Waals surface area contributed by atoms with E-state index in [1.807, 2.05) is 18.2 Å². The quantitative estimate of drug-likeness (QED) is 0.254. The third kappa shape index (κ3) is 4.79. The van der Waals surface area contributed by atoms with Crippen molar-refractivity contribution in [2.45, 2.75) is 33.2 Å². The summed E-state index contributed by atoms with van der Waals surface area (Å²) in [4.78, 5) is 35.2. The number of methoxy groups -OCH3 is 2. The number of aromatic nitrogens is 2. The molecular formula is C28H34N4O5. The third-order valence-corrected chi connectivity index (χ3v) is 6.96. The van der Waals surface area contributed by atoms with Gasteiger partial charge in [-0.15, -0.1) is 0 Å². The van der Waals surface area contributed by atoms with E-state index < -0.39 is 17.7 Å². The number of hydrogen-bond acceptors (Lipinski definition) is 7. The van der Waals surface area contributed by atoms with Gasteiger partial charge in [0.25, 0.3) is 11.7 Å². The van der Waals surface area contributed by atoms with E-state index in [1.165, 1.54) is 7.11 Å². The first-order chi connectivity index (χ1) is 17.9. The highest BCUT2D eigenvalue weighted by Gasteiger charge is 2.46. The minimum atomic E-state index is -0.787. The Bertz CT molecular complexity index is 1340. The van der Waals surface area contributed by atoms with Gasteiger partial charge in [-0.1, -0.05) is 26.0 Å². The predicted octanol–water partition coefficient (Wildman–Crippen LogP) is 3.81. The van der Waals surface area contributed by atoms with Crippen LogP contribution in [0.15, 0.2) is 48.2 Å². The molecule has 2 aromatic heterocycles. The number of nitrogens with zero attached hydrogens (tertiary/aromatic N) is 4. The van der Waals surface area contributed by atoms with Crippen LogP contribution in [-0.4, -0.2) is 76.4 Å². The summed E-state index contributed by atoms with van der Waals surface area (Å²) >= 11 is 0. The van der Waals surface area contributed by atoms with Crippen molar-refractivity contribution >= 4 is 23.1 Å². The largest absolute Gasteiger partial charge is 0.505 e. The van der Waals surface area contributed by atoms with Crippen molar-refractivity contribution in [2.75, 3.05) is 40.4 Å². The molecule has 1 atom stereocenters. The van der Waals surface area contributed by atoms with Crippen LogP contribution in [0.3, 0.4) is 0 Å². The molecule has 1 N–H and O–H groups in total. The maximum absolute atomic E-state index is 13.5. The van der Waals surface area contributed by atoms with E-state index in [0.717, 1.165) is 19.6 Å². The first-order valence-electron chi connectivity index (χ1n) is 12.5. The summed E-state index contributed by atoms with van der Waals surface area (Å²) in [6, 6.07) is 9.99. The lowest BCUT2D eigenvalue weighted by molar-refractivity contribution is -0.140. The van der Waals surface area contributed by atoms with Gasteiger partial charge >= 0.3 is 0 Å². The molecule has 1 aliphatic rings. The number of pyridine rings is 1. The summed E-state index contributed by atoms with van der Waals surface area (Å²) in [5.74, 6) is -0.597. The fraction of sp³-hybridized carbons (Fsp3) is 0.393. The maximum atomic E-state index is 13.5. The number of carbonyl (C=O) groups is 2. The van der Waals surface area contributed by atoms with Crippen LogP contribution in [0.5, 0.6) is 11.5 Å². The second-order valence-corrected chi connectivity index (χ2v) is 8.96. The molecule has 4 rings (SSSR count). The van der Waals surface area contributed by atoms with Crippen LogP contribution in [0.25, 0.3) is 11.4 Å². The summed E-state index contributed by atoms with van der Waals surface area (Å²) < 4.78 is 12.6. The molecule has 1 amide bonds. The Morgan fingerprint density at radius 2 is 1.81 bits per heavy atom. The molecule has 1 saturated heterocycles. The van der Waals surface area contributed by atoms with Crippen LogP contribution in [0, 0.1) is 6.92 Å². The van der Waals surface area contributed by atoms with Gasteiger partial charge in [0, 0.05) is 12.7 Å². The van der Waals surface area contributed by atoms with Crippen LogP contribution >= 0.6 is 0 Å². The number of rotatable bonds is 10. The van der Waals surface area contributed by atoms with Gasteiger partial charge in [0.15, 0.2) is 17.3 Å². The molecule has 3 aromatic rings. The Labute approximate surface area is 216 Å². The number of carbonyl (C=O) groups excluding carboxylic acids is 2. The van der Waals surface area contributed by atoms with Crippen molar-refractivity contribution in [1.29, 1.82) is 0 Å². The van der Waals surface area contributed by atoms with E-state index >= 15 is 0 Å². The average Bonchev–Trinajstić information content (AvgIpc) is 3.38. The summed E-state index contributed by atoms with van der Waals surface area (Å²) in [6.07, 6.45) is 2.46. The number of hydrogen-bond donors (Lipinski definition) is 1. The lowest BCUT2D eigenvalue weighted by Crippen LogP contribution is -2.33. The van der Waals surface area contributed by atoms with E-state index in [9.17, 15) is 14.7 Å². The lowest BCUT2D eigenvalue weighted by atomic mass is 9.95. The number of Topliss-reactive ketones (excluding diaryl/α,β-unsaturated/α-hetero) is 1. The molecule has 0 radical (unpaired) electrons. The molecule has 196 valence electrons. The van der Waals surface area contributed by atoms with Gasteiger partial charge in [0.05, 0.1) is 31.5 Å². The second-order valence-electron chi connectivity index (χ2n) is 8.96. The lowest BCUT2D eigenvalue weighted by Gasteiger charge is -2.27. The Hall–Kier alpha value is -3.85. The minimum absolute atomic E-state index is 0.0359. The van der Waals surface area contributed by atoms with Crippen molar-refractivity contribution in [3.8, 4) is 11.5 Å². The number of benzene rings is 1. The zero-order valence-electron chi connectivity index (χ0n) is 22.0. The number of ether oxygens (including phenoxy) is 2. The van der Waals surface area contributed by atoms with Gasteiger partial charge in [-0.25, -0.2) is 4.98 Å². The molecule has 0 saturated carbocycles. The van der Waals surface area contributed by atoms with Crippen molar-refractivity contribution in [1.82, 2.24) is 19.2 Å². The number of aliphatic hydroxyl groups excluding tert-OH is 1. The van der Waals surface area contributed by atoms with Gasteiger partial charge in [0.2, 0.25) is 0 Å². The van der Waals surface area contributed by atoms with Gasteiger partial charge < -0.3 is 24.4 Å². The predicted molar refractivity (Wildman–Crippen MR) is 141 cm³/mol. The molecular weight excluding hydrogens is 472 g/mol. The highest BCUT2D eigenvalue weighted by atomic mass is 16.5. The molecule has 1 fully saturated rings. The number of likely N-dealkylation sites (tertiary alicyclic amines) is 1. The highest BCUT2D eigenvalue weighted by Crippen LogP contribution is 2.42. The zero-order valence-corrected chi connectivity index (χ0v) is 22.0. The smallest absolute Gasteiger partial charge is 0.295 e. The van der Waals surface area contributed by atoms with Crippen molar-refractivity contribution in [2.24, 2.45) is 0 Å². The molecule has 1 aliphatic heterocycles. The topological polar surface area (TPSA) is 96.6 Å². The van der Waals surface area contributed by atoms with E-state index in [2.05, 4.69) is 23.7 Å². The fourth-order valence-corrected chi connectivity index (χ4v) is 5.01. The third-order valence-electron chi connectivity index (χ3n) is 6.96. The summed E-state index contributed by atoms with van der Waals surface area (Å²) in [7, 11) is 3.08. The number of fused-ring (bicyclic) bond motifs is 1. The van der Waals surface area contributed by atoms with Crippen LogP contribution in [-0.2, 0) is 9.59 Å². The summed E-state index contributed by atoms with van der Waals surface area (Å²) in [5.41, 5.74) is 2.27. The van der Waals surface area contributed by atoms with E-state index in [1.54, 1.807) is 47.7 Å². The van der Waals surface area contributed by atoms with Crippen LogP contribution in [0.4, 0.5) is 0 Å². The van der Waals surface area contributed by atoms with E-state index in [-0.39, 0.29) is 11.3 Å². The van der Waals surface area contributed by atoms with Crippen molar-refractivity contribution in [3.05, 3.63) is 65.1 Å². The minimum Gasteiger partial charge on any atom is -0.505 e. The van der Waals surface area contributed by atoms with Crippen molar-refractivity contribution < 1.29 is 24.2 Å². The number of aliphatic hydroxyl groups is 1. The summed E-state index contributed by atoms with van der Waals surface area (Å²) in [5, 5.41) is 11.6. The SMILES string of the molecule is CCN(CC)CCCN1C(=O)C(=O)C(=C(O)c2c(C)nc3ccccn23)[C@H]1c1ccc(OC)c(OC)c1. The van der Waals surface area contributed by atoms with E-state index in [0.29, 0.717) is 47.1 Å². The molecule has 9 heteroatoms. The van der Waals surface area contributed by atoms with Gasteiger partial charge in [-0.05, 0) is 62.8 Å². The van der Waals surface area contributed by atoms with Gasteiger partial charge in [-0.2, -0.15) is 0 Å². The Morgan fingerprint density at radius 1 is 1.08 bits per heavy atom. The van der Waals surface area contributed by atoms with Gasteiger partial charge in [0.1, 0.15) is 11.3 Å². The molecule has 9 nitrogen and oxygen atoms in total.